The Hall–Kier alpha value is -2.32. The lowest BCUT2D eigenvalue weighted by molar-refractivity contribution is 0.267. The molecule has 1 aromatic heterocycles. The van der Waals surface area contributed by atoms with Gasteiger partial charge >= 0.3 is 0 Å². The molecule has 9 heteroatoms. The Morgan fingerprint density at radius 1 is 1.04 bits per heavy atom. The van der Waals surface area contributed by atoms with Crippen molar-refractivity contribution in [1.29, 1.82) is 0 Å². The molecule has 1 aliphatic rings. The van der Waals surface area contributed by atoms with Gasteiger partial charge in [-0.2, -0.15) is 15.0 Å². The van der Waals surface area contributed by atoms with Crippen LogP contribution in [0.2, 0.25) is 5.02 Å². The lowest BCUT2D eigenvalue weighted by atomic mass is 10.1. The molecule has 0 spiro atoms. The minimum atomic E-state index is 0.343. The second-order valence-corrected chi connectivity index (χ2v) is 7.21. The van der Waals surface area contributed by atoms with Crippen LogP contribution in [0.15, 0.2) is 18.2 Å². The van der Waals surface area contributed by atoms with Crippen molar-refractivity contribution in [3.8, 4) is 5.75 Å². The Kier molecular flexibility index (Phi) is 7.11. The first-order valence-corrected chi connectivity index (χ1v) is 9.87. The molecule has 0 aliphatic heterocycles. The fourth-order valence-electron chi connectivity index (χ4n) is 3.30. The molecule has 0 amide bonds. The SMILES string of the molecule is CONc1nc(NC2CCCCCC2)nc(N(C)c2ccc(OC)c(Cl)c2)n1. The number of nitrogens with one attached hydrogen (secondary N) is 2. The lowest BCUT2D eigenvalue weighted by Gasteiger charge is -2.21. The second kappa shape index (κ2) is 9.75. The van der Waals surface area contributed by atoms with E-state index in [0.717, 1.165) is 18.5 Å². The van der Waals surface area contributed by atoms with Crippen LogP contribution in [0.5, 0.6) is 5.75 Å². The molecular formula is C19H27ClN6O2. The number of aromatic nitrogens is 3. The summed E-state index contributed by atoms with van der Waals surface area (Å²) in [4.78, 5) is 20.3. The van der Waals surface area contributed by atoms with Crippen molar-refractivity contribution in [3.05, 3.63) is 23.2 Å². The molecule has 8 nitrogen and oxygen atoms in total. The van der Waals surface area contributed by atoms with Crippen LogP contribution in [0, 0.1) is 0 Å². The number of nitrogens with zero attached hydrogens (tertiary/aromatic N) is 4. The number of anilines is 4. The van der Waals surface area contributed by atoms with Crippen molar-refractivity contribution < 1.29 is 9.57 Å². The third kappa shape index (κ3) is 5.14. The third-order valence-electron chi connectivity index (χ3n) is 4.83. The van der Waals surface area contributed by atoms with Crippen LogP contribution in [0.3, 0.4) is 0 Å². The fourth-order valence-corrected chi connectivity index (χ4v) is 3.55. The highest BCUT2D eigenvalue weighted by molar-refractivity contribution is 6.32. The van der Waals surface area contributed by atoms with E-state index < -0.39 is 0 Å². The zero-order chi connectivity index (χ0) is 19.9. The summed E-state index contributed by atoms with van der Waals surface area (Å²) in [7, 11) is 4.99. The number of benzene rings is 1. The Labute approximate surface area is 170 Å². The Balaban J connectivity index is 1.86. The van der Waals surface area contributed by atoms with Gasteiger partial charge in [-0.25, -0.2) is 5.48 Å². The summed E-state index contributed by atoms with van der Waals surface area (Å²) in [6.45, 7) is 0. The van der Waals surface area contributed by atoms with E-state index in [1.807, 2.05) is 30.1 Å². The average molecular weight is 407 g/mol. The monoisotopic (exact) mass is 406 g/mol. The molecule has 0 unspecified atom stereocenters. The summed E-state index contributed by atoms with van der Waals surface area (Å²) in [5, 5.41) is 3.99. The van der Waals surface area contributed by atoms with E-state index in [9.17, 15) is 0 Å². The fraction of sp³-hybridized carbons (Fsp3) is 0.526. The zero-order valence-corrected chi connectivity index (χ0v) is 17.3. The summed E-state index contributed by atoms with van der Waals surface area (Å²) in [6.07, 6.45) is 7.28. The predicted molar refractivity (Wildman–Crippen MR) is 112 cm³/mol. The van der Waals surface area contributed by atoms with E-state index in [1.165, 1.54) is 32.8 Å². The summed E-state index contributed by atoms with van der Waals surface area (Å²) in [5.41, 5.74) is 3.53. The van der Waals surface area contributed by atoms with Crippen LogP contribution in [0.4, 0.5) is 23.5 Å². The molecule has 0 atom stereocenters. The Bertz CT molecular complexity index is 783. The molecule has 152 valence electrons. The first kappa shape index (κ1) is 20.4. The van der Waals surface area contributed by atoms with E-state index in [4.69, 9.17) is 21.2 Å². The smallest absolute Gasteiger partial charge is 0.253 e. The quantitative estimate of drug-likeness (QED) is 0.516. The molecule has 1 aromatic carbocycles. The van der Waals surface area contributed by atoms with Crippen LogP contribution in [-0.4, -0.2) is 42.3 Å². The van der Waals surface area contributed by atoms with Gasteiger partial charge < -0.3 is 15.0 Å². The topological polar surface area (TPSA) is 84.4 Å². The van der Waals surface area contributed by atoms with Crippen molar-refractivity contribution in [3.63, 3.8) is 0 Å². The van der Waals surface area contributed by atoms with Gasteiger partial charge in [-0.05, 0) is 31.0 Å². The standard InChI is InChI=1S/C19H27ClN6O2/c1-26(14-10-11-16(27-2)15(20)12-14)19-23-17(22-18(24-19)25-28-3)21-13-8-6-4-5-7-9-13/h10-13H,4-9H2,1-3H3,(H2,21,22,23,24,25). The van der Waals surface area contributed by atoms with Crippen LogP contribution in [0.1, 0.15) is 38.5 Å². The molecule has 28 heavy (non-hydrogen) atoms. The average Bonchev–Trinajstić information content (AvgIpc) is 2.96. The molecule has 0 saturated heterocycles. The minimum Gasteiger partial charge on any atom is -0.495 e. The zero-order valence-electron chi connectivity index (χ0n) is 16.5. The van der Waals surface area contributed by atoms with Gasteiger partial charge in [0.05, 0.1) is 19.2 Å². The van der Waals surface area contributed by atoms with E-state index in [2.05, 4.69) is 25.7 Å². The number of hydrogen-bond acceptors (Lipinski definition) is 8. The molecule has 1 saturated carbocycles. The first-order valence-electron chi connectivity index (χ1n) is 9.49. The van der Waals surface area contributed by atoms with Gasteiger partial charge in [-0.1, -0.05) is 37.3 Å². The van der Waals surface area contributed by atoms with Gasteiger partial charge in [0, 0.05) is 18.8 Å². The number of methoxy groups -OCH3 is 1. The van der Waals surface area contributed by atoms with Crippen molar-refractivity contribution in [2.24, 2.45) is 0 Å². The van der Waals surface area contributed by atoms with Crippen molar-refractivity contribution in [2.75, 3.05) is 37.0 Å². The summed E-state index contributed by atoms with van der Waals surface area (Å²) < 4.78 is 5.22. The van der Waals surface area contributed by atoms with E-state index in [-0.39, 0.29) is 0 Å². The maximum Gasteiger partial charge on any atom is 0.253 e. The molecule has 2 aromatic rings. The predicted octanol–water partition coefficient (Wildman–Crippen LogP) is 4.41. The lowest BCUT2D eigenvalue weighted by Crippen LogP contribution is -2.22. The van der Waals surface area contributed by atoms with Gasteiger partial charge in [0.15, 0.2) is 0 Å². The van der Waals surface area contributed by atoms with Gasteiger partial charge in [-0.3, -0.25) is 4.84 Å². The number of rotatable bonds is 7. The highest BCUT2D eigenvalue weighted by atomic mass is 35.5. The van der Waals surface area contributed by atoms with E-state index in [0.29, 0.717) is 34.7 Å². The van der Waals surface area contributed by atoms with Crippen LogP contribution >= 0.6 is 11.6 Å². The van der Waals surface area contributed by atoms with Gasteiger partial charge in [-0.15, -0.1) is 0 Å². The van der Waals surface area contributed by atoms with Gasteiger partial charge in [0.1, 0.15) is 5.75 Å². The highest BCUT2D eigenvalue weighted by Gasteiger charge is 2.17. The third-order valence-corrected chi connectivity index (χ3v) is 5.12. The molecule has 3 rings (SSSR count). The normalized spacial score (nSPS) is 15.0. The maximum atomic E-state index is 6.27. The minimum absolute atomic E-state index is 0.343. The van der Waals surface area contributed by atoms with Crippen molar-refractivity contribution in [1.82, 2.24) is 15.0 Å². The number of ether oxygens (including phenoxy) is 1. The second-order valence-electron chi connectivity index (χ2n) is 6.80. The molecule has 1 heterocycles. The molecule has 2 N–H and O–H groups in total. The maximum absolute atomic E-state index is 6.27. The van der Waals surface area contributed by atoms with Gasteiger partial charge in [0.2, 0.25) is 11.9 Å². The molecule has 1 aliphatic carbocycles. The van der Waals surface area contributed by atoms with Crippen LogP contribution < -0.4 is 20.4 Å². The molecule has 0 bridgehead atoms. The molecule has 1 fully saturated rings. The van der Waals surface area contributed by atoms with Crippen molar-refractivity contribution >= 4 is 35.1 Å². The first-order chi connectivity index (χ1) is 13.6. The van der Waals surface area contributed by atoms with Gasteiger partial charge in [0.25, 0.3) is 5.95 Å². The Morgan fingerprint density at radius 2 is 1.75 bits per heavy atom. The largest absolute Gasteiger partial charge is 0.495 e. The van der Waals surface area contributed by atoms with Crippen LogP contribution in [-0.2, 0) is 4.84 Å². The molecular weight excluding hydrogens is 380 g/mol. The number of halogens is 1. The summed E-state index contributed by atoms with van der Waals surface area (Å²) >= 11 is 6.27. The van der Waals surface area contributed by atoms with E-state index >= 15 is 0 Å². The molecule has 0 radical (unpaired) electrons. The highest BCUT2D eigenvalue weighted by Crippen LogP contribution is 2.31. The van der Waals surface area contributed by atoms with Crippen molar-refractivity contribution in [2.45, 2.75) is 44.6 Å². The van der Waals surface area contributed by atoms with Crippen LogP contribution in [0.25, 0.3) is 0 Å². The Morgan fingerprint density at radius 3 is 2.39 bits per heavy atom. The van der Waals surface area contributed by atoms with E-state index in [1.54, 1.807) is 7.11 Å². The summed E-state index contributed by atoms with van der Waals surface area (Å²) in [6, 6.07) is 5.89. The number of hydrogen-bond donors (Lipinski definition) is 2. The summed E-state index contributed by atoms with van der Waals surface area (Å²) in [5.74, 6) is 1.97.